The van der Waals surface area contributed by atoms with Crippen LogP contribution in [0.1, 0.15) is 24.1 Å². The lowest BCUT2D eigenvalue weighted by Gasteiger charge is -2.31. The summed E-state index contributed by atoms with van der Waals surface area (Å²) in [6.07, 6.45) is 9.03. The number of rotatable bonds is 8. The molecule has 3 N–H and O–H groups in total. The lowest BCUT2D eigenvalue weighted by atomic mass is 9.95. The van der Waals surface area contributed by atoms with Crippen LogP contribution in [-0.4, -0.2) is 63.1 Å². The van der Waals surface area contributed by atoms with Crippen molar-refractivity contribution in [2.75, 3.05) is 19.3 Å². The van der Waals surface area contributed by atoms with Gasteiger partial charge >= 0.3 is 5.97 Å². The first-order chi connectivity index (χ1) is 15.8. The maximum absolute atomic E-state index is 12.6. The molecule has 2 aromatic rings. The number of hydrogen-bond donors (Lipinski definition) is 3. The van der Waals surface area contributed by atoms with Crippen molar-refractivity contribution in [1.29, 1.82) is 0 Å². The normalized spacial score (nSPS) is 15.5. The fraction of sp³-hybridized carbons (Fsp3) is 0.364. The van der Waals surface area contributed by atoms with Crippen molar-refractivity contribution in [3.8, 4) is 0 Å². The number of aromatic amines is 1. The first kappa shape index (κ1) is 25.1. The molecule has 0 spiro atoms. The number of nitrogens with zero attached hydrogens (tertiary/aromatic N) is 2. The highest BCUT2D eigenvalue weighted by Gasteiger charge is 2.30. The van der Waals surface area contributed by atoms with Crippen molar-refractivity contribution < 1.29 is 19.5 Å². The first-order valence-electron chi connectivity index (χ1n) is 10.3. The van der Waals surface area contributed by atoms with E-state index in [1.54, 1.807) is 17.2 Å². The molecule has 0 bridgehead atoms. The molecule has 1 unspecified atom stereocenters. The van der Waals surface area contributed by atoms with Crippen molar-refractivity contribution >= 4 is 58.8 Å². The highest BCUT2D eigenvalue weighted by Crippen LogP contribution is 2.35. The van der Waals surface area contributed by atoms with Gasteiger partial charge in [-0.15, -0.1) is 11.8 Å². The fourth-order valence-corrected chi connectivity index (χ4v) is 4.74. The van der Waals surface area contributed by atoms with Crippen molar-refractivity contribution in [3.63, 3.8) is 0 Å². The Morgan fingerprint density at radius 3 is 2.64 bits per heavy atom. The van der Waals surface area contributed by atoms with E-state index < -0.39 is 12.0 Å². The lowest BCUT2D eigenvalue weighted by Crippen LogP contribution is -2.48. The Morgan fingerprint density at radius 1 is 1.30 bits per heavy atom. The predicted octanol–water partition coefficient (Wildman–Crippen LogP) is 3.50. The summed E-state index contributed by atoms with van der Waals surface area (Å²) in [6, 6.07) is 2.60. The molecule has 1 fully saturated rings. The van der Waals surface area contributed by atoms with Crippen LogP contribution in [0.2, 0.25) is 10.0 Å². The Kier molecular flexibility index (Phi) is 8.82. The second kappa shape index (κ2) is 11.6. The summed E-state index contributed by atoms with van der Waals surface area (Å²) in [4.78, 5) is 46.0. The SMILES string of the molecule is CSc1ccc(/C=C/C(=O)N2CCC(C(=O)NC(Cc3c[nH]cn3)C(=O)O)CC2)c(Cl)c1Cl. The number of carboxylic acids is 1. The number of benzene rings is 1. The molecule has 1 aromatic heterocycles. The van der Waals surface area contributed by atoms with E-state index in [1.165, 1.54) is 24.2 Å². The van der Waals surface area contributed by atoms with E-state index in [0.717, 1.165) is 4.90 Å². The number of aliphatic carboxylic acids is 1. The number of carbonyl (C=O) groups is 3. The zero-order chi connectivity index (χ0) is 24.0. The third kappa shape index (κ3) is 6.52. The second-order valence-electron chi connectivity index (χ2n) is 7.58. The van der Waals surface area contributed by atoms with E-state index >= 15 is 0 Å². The van der Waals surface area contributed by atoms with Crippen molar-refractivity contribution in [2.24, 2.45) is 5.92 Å². The van der Waals surface area contributed by atoms with Crippen molar-refractivity contribution in [1.82, 2.24) is 20.2 Å². The van der Waals surface area contributed by atoms with Crippen LogP contribution in [0.15, 0.2) is 35.6 Å². The molecule has 176 valence electrons. The number of thioether (sulfide) groups is 1. The molecule has 33 heavy (non-hydrogen) atoms. The molecule has 0 radical (unpaired) electrons. The van der Waals surface area contributed by atoms with Crippen LogP contribution in [0.25, 0.3) is 6.08 Å². The average Bonchev–Trinajstić information content (AvgIpc) is 3.32. The van der Waals surface area contributed by atoms with Crippen molar-refractivity contribution in [2.45, 2.75) is 30.2 Å². The molecule has 11 heteroatoms. The van der Waals surface area contributed by atoms with Gasteiger partial charge in [-0.2, -0.15) is 0 Å². The van der Waals surface area contributed by atoms with E-state index in [4.69, 9.17) is 23.2 Å². The maximum atomic E-state index is 12.6. The minimum Gasteiger partial charge on any atom is -0.480 e. The monoisotopic (exact) mass is 510 g/mol. The average molecular weight is 511 g/mol. The van der Waals surface area contributed by atoms with Crippen LogP contribution in [-0.2, 0) is 20.8 Å². The van der Waals surface area contributed by atoms with Gasteiger partial charge in [0.2, 0.25) is 11.8 Å². The summed E-state index contributed by atoms with van der Waals surface area (Å²) in [6.45, 7) is 0.802. The van der Waals surface area contributed by atoms with Gasteiger partial charge in [-0.1, -0.05) is 29.3 Å². The minimum absolute atomic E-state index is 0.0944. The Balaban J connectivity index is 1.53. The molecule has 2 amide bonds. The minimum atomic E-state index is -1.12. The molecule has 1 saturated heterocycles. The molecular formula is C22H24Cl2N4O4S. The highest BCUT2D eigenvalue weighted by atomic mass is 35.5. The smallest absolute Gasteiger partial charge is 0.326 e. The van der Waals surface area contributed by atoms with E-state index in [2.05, 4.69) is 15.3 Å². The van der Waals surface area contributed by atoms with Gasteiger partial charge in [0.25, 0.3) is 0 Å². The molecule has 8 nitrogen and oxygen atoms in total. The van der Waals surface area contributed by atoms with E-state index in [-0.39, 0.29) is 24.2 Å². The highest BCUT2D eigenvalue weighted by molar-refractivity contribution is 7.98. The van der Waals surface area contributed by atoms with E-state index in [9.17, 15) is 19.5 Å². The zero-order valence-electron chi connectivity index (χ0n) is 17.9. The molecule has 0 saturated carbocycles. The van der Waals surface area contributed by atoms with Gasteiger partial charge in [-0.05, 0) is 36.8 Å². The third-order valence-corrected chi connectivity index (χ3v) is 7.25. The number of imidazole rings is 1. The Labute approximate surface area is 205 Å². The summed E-state index contributed by atoms with van der Waals surface area (Å²) >= 11 is 14.0. The molecule has 3 rings (SSSR count). The number of carboxylic acid groups (broad SMARTS) is 1. The molecule has 2 heterocycles. The number of H-pyrrole nitrogens is 1. The summed E-state index contributed by atoms with van der Waals surface area (Å²) in [5.41, 5.74) is 1.21. The van der Waals surface area contributed by atoms with Crippen LogP contribution in [0.5, 0.6) is 0 Å². The van der Waals surface area contributed by atoms with Crippen LogP contribution in [0.4, 0.5) is 0 Å². The Hall–Kier alpha value is -2.49. The molecule has 1 aliphatic heterocycles. The third-order valence-electron chi connectivity index (χ3n) is 5.46. The van der Waals surface area contributed by atoms with Crippen LogP contribution < -0.4 is 5.32 Å². The molecule has 1 atom stereocenters. The fourth-order valence-electron chi connectivity index (χ4n) is 3.56. The van der Waals surface area contributed by atoms with E-state index in [1.807, 2.05) is 18.4 Å². The van der Waals surface area contributed by atoms with Gasteiger partial charge < -0.3 is 20.3 Å². The summed E-state index contributed by atoms with van der Waals surface area (Å²) in [5, 5.41) is 12.9. The first-order valence-corrected chi connectivity index (χ1v) is 12.3. The number of piperidine rings is 1. The standard InChI is InChI=1S/C22H24Cl2N4O4S/c1-33-17-4-2-13(19(23)20(17)24)3-5-18(29)28-8-6-14(7-9-28)21(30)27-16(22(31)32)10-15-11-25-12-26-15/h2-5,11-12,14,16H,6-10H2,1H3,(H,25,26)(H,27,30)(H,31,32)/b5-3+. The van der Waals surface area contributed by atoms with Crippen molar-refractivity contribution in [3.05, 3.63) is 52.0 Å². The largest absolute Gasteiger partial charge is 0.480 e. The number of carbonyl (C=O) groups excluding carboxylic acids is 2. The predicted molar refractivity (Wildman–Crippen MR) is 128 cm³/mol. The number of hydrogen-bond acceptors (Lipinski definition) is 5. The Morgan fingerprint density at radius 2 is 2.03 bits per heavy atom. The second-order valence-corrected chi connectivity index (χ2v) is 9.19. The van der Waals surface area contributed by atoms with Crippen LogP contribution in [0, 0.1) is 5.92 Å². The summed E-state index contributed by atoms with van der Waals surface area (Å²) < 4.78 is 0. The van der Waals surface area contributed by atoms with Crippen LogP contribution >= 0.6 is 35.0 Å². The zero-order valence-corrected chi connectivity index (χ0v) is 20.2. The quantitative estimate of drug-likeness (QED) is 0.369. The summed E-state index contributed by atoms with van der Waals surface area (Å²) in [7, 11) is 0. The topological polar surface area (TPSA) is 115 Å². The van der Waals surface area contributed by atoms with Crippen LogP contribution in [0.3, 0.4) is 0 Å². The number of likely N-dealkylation sites (tertiary alicyclic amines) is 1. The lowest BCUT2D eigenvalue weighted by molar-refractivity contribution is -0.142. The number of nitrogens with one attached hydrogen (secondary N) is 2. The molecule has 1 aromatic carbocycles. The Bertz CT molecular complexity index is 1040. The number of halogens is 2. The molecule has 1 aliphatic rings. The summed E-state index contributed by atoms with van der Waals surface area (Å²) in [5.74, 6) is -1.98. The van der Waals surface area contributed by atoms with Gasteiger partial charge in [0.1, 0.15) is 6.04 Å². The van der Waals surface area contributed by atoms with Gasteiger partial charge in [0.15, 0.2) is 0 Å². The maximum Gasteiger partial charge on any atom is 0.326 e. The van der Waals surface area contributed by atoms with Gasteiger partial charge in [-0.3, -0.25) is 9.59 Å². The number of amides is 2. The molecule has 0 aliphatic carbocycles. The number of aromatic nitrogens is 2. The van der Waals surface area contributed by atoms with Gasteiger partial charge in [0, 0.05) is 42.6 Å². The van der Waals surface area contributed by atoms with Gasteiger partial charge in [0.05, 0.1) is 22.1 Å². The van der Waals surface area contributed by atoms with Gasteiger partial charge in [-0.25, -0.2) is 9.78 Å². The molecular weight excluding hydrogens is 487 g/mol. The van der Waals surface area contributed by atoms with E-state index in [0.29, 0.717) is 47.2 Å².